The molecular formula is C24H22Br2FN2O2+. The van der Waals surface area contributed by atoms with Crippen LogP contribution in [0.4, 0.5) is 4.39 Å². The summed E-state index contributed by atoms with van der Waals surface area (Å²) >= 11 is 6.82. The molecule has 0 fully saturated rings. The number of para-hydroxylation sites is 1. The van der Waals surface area contributed by atoms with Gasteiger partial charge in [-0.1, -0.05) is 34.1 Å². The van der Waals surface area contributed by atoms with E-state index in [0.717, 1.165) is 26.9 Å². The van der Waals surface area contributed by atoms with E-state index in [1.165, 1.54) is 6.07 Å². The molecule has 1 aliphatic rings. The molecule has 1 heterocycles. The molecule has 2 unspecified atom stereocenters. The van der Waals surface area contributed by atoms with Gasteiger partial charge in [-0.15, -0.1) is 0 Å². The van der Waals surface area contributed by atoms with E-state index >= 15 is 0 Å². The second kappa shape index (κ2) is 9.42. The zero-order valence-corrected chi connectivity index (χ0v) is 20.0. The predicted molar refractivity (Wildman–Crippen MR) is 126 cm³/mol. The first-order valence-electron chi connectivity index (χ1n) is 9.95. The number of hydrogen-bond donors (Lipinski definition) is 3. The van der Waals surface area contributed by atoms with Crippen molar-refractivity contribution in [2.75, 3.05) is 6.61 Å². The zero-order chi connectivity index (χ0) is 22.0. The number of aromatic hydroxyl groups is 1. The van der Waals surface area contributed by atoms with Gasteiger partial charge in [0.05, 0.1) is 16.6 Å². The molecule has 0 spiro atoms. The normalized spacial score (nSPS) is 18.3. The molecule has 4 N–H and O–H groups in total. The summed E-state index contributed by atoms with van der Waals surface area (Å²) in [6.07, 6.45) is 1.90. The minimum Gasteiger partial charge on any atom is -0.504 e. The Labute approximate surface area is 197 Å². The lowest BCUT2D eigenvalue weighted by atomic mass is 9.97. The van der Waals surface area contributed by atoms with Crippen molar-refractivity contribution in [1.29, 1.82) is 0 Å². The van der Waals surface area contributed by atoms with Gasteiger partial charge in [0.2, 0.25) is 0 Å². The number of halogens is 3. The molecule has 7 heteroatoms. The van der Waals surface area contributed by atoms with Crippen LogP contribution in [0.2, 0.25) is 0 Å². The number of rotatable bonds is 5. The van der Waals surface area contributed by atoms with Crippen LogP contribution in [0.15, 0.2) is 75.7 Å². The number of phenolic OH excluding ortho intramolecular Hbond substituents is 1. The van der Waals surface area contributed by atoms with Crippen molar-refractivity contribution in [3.63, 3.8) is 0 Å². The topological polar surface area (TPSA) is 58.1 Å². The van der Waals surface area contributed by atoms with Gasteiger partial charge in [0.1, 0.15) is 11.9 Å². The molecule has 3 aromatic rings. The largest absolute Gasteiger partial charge is 0.504 e. The van der Waals surface area contributed by atoms with Crippen molar-refractivity contribution < 1.29 is 19.6 Å². The number of ether oxygens (including phenoxy) is 1. The summed E-state index contributed by atoms with van der Waals surface area (Å²) in [5.74, 6) is 0.294. The number of nitrogens with one attached hydrogen (secondary N) is 1. The van der Waals surface area contributed by atoms with Crippen LogP contribution in [0.5, 0.6) is 11.5 Å². The van der Waals surface area contributed by atoms with Crippen LogP contribution in [0.1, 0.15) is 35.8 Å². The summed E-state index contributed by atoms with van der Waals surface area (Å²) in [5.41, 5.74) is 3.62. The first-order chi connectivity index (χ1) is 15.0. The lowest BCUT2D eigenvalue weighted by Gasteiger charge is -2.30. The Morgan fingerprint density at radius 1 is 1.10 bits per heavy atom. The van der Waals surface area contributed by atoms with E-state index in [1.807, 2.05) is 43.3 Å². The molecule has 0 saturated heterocycles. The van der Waals surface area contributed by atoms with Crippen molar-refractivity contribution in [2.24, 2.45) is 0 Å². The monoisotopic (exact) mass is 547 g/mol. The van der Waals surface area contributed by atoms with E-state index in [-0.39, 0.29) is 23.8 Å². The van der Waals surface area contributed by atoms with E-state index in [9.17, 15) is 9.50 Å². The van der Waals surface area contributed by atoms with Crippen molar-refractivity contribution >= 4 is 37.6 Å². The SMILES string of the molecule is CCOc1cccc(C2C=C(c3cccc(Br)c3)NC(c3ccc(F)c(Br)c3)[NH2+]2)c1O. The average Bonchev–Trinajstić information content (AvgIpc) is 2.77. The van der Waals surface area contributed by atoms with Gasteiger partial charge >= 0.3 is 0 Å². The first kappa shape index (κ1) is 21.9. The van der Waals surface area contributed by atoms with E-state index in [4.69, 9.17) is 4.74 Å². The molecule has 2 atom stereocenters. The summed E-state index contributed by atoms with van der Waals surface area (Å²) in [6, 6.07) is 18.4. The van der Waals surface area contributed by atoms with E-state index in [0.29, 0.717) is 16.8 Å². The highest BCUT2D eigenvalue weighted by atomic mass is 79.9. The molecule has 160 valence electrons. The third-order valence-corrected chi connectivity index (χ3v) is 6.29. The van der Waals surface area contributed by atoms with Crippen LogP contribution in [0, 0.1) is 5.82 Å². The summed E-state index contributed by atoms with van der Waals surface area (Å²) in [4.78, 5) is 0. The van der Waals surface area contributed by atoms with Crippen molar-refractivity contribution in [2.45, 2.75) is 19.1 Å². The second-order valence-electron chi connectivity index (χ2n) is 7.23. The van der Waals surface area contributed by atoms with Crippen LogP contribution < -0.4 is 15.4 Å². The summed E-state index contributed by atoms with van der Waals surface area (Å²) in [5, 5.41) is 16.5. The molecule has 0 aromatic heterocycles. The summed E-state index contributed by atoms with van der Waals surface area (Å²) in [6.45, 7) is 2.36. The highest BCUT2D eigenvalue weighted by molar-refractivity contribution is 9.10. The number of nitrogens with two attached hydrogens (primary N) is 1. The average molecular weight is 549 g/mol. The smallest absolute Gasteiger partial charge is 0.186 e. The molecule has 0 amide bonds. The third kappa shape index (κ3) is 4.79. The summed E-state index contributed by atoms with van der Waals surface area (Å²) in [7, 11) is 0. The quantitative estimate of drug-likeness (QED) is 0.400. The van der Waals surface area contributed by atoms with E-state index < -0.39 is 0 Å². The number of phenols is 1. The fraction of sp³-hybridized carbons (Fsp3) is 0.167. The Morgan fingerprint density at radius 3 is 2.65 bits per heavy atom. The van der Waals surface area contributed by atoms with Gasteiger partial charge in [0, 0.05) is 21.8 Å². The minimum atomic E-state index is -0.305. The van der Waals surface area contributed by atoms with E-state index in [1.54, 1.807) is 18.2 Å². The minimum absolute atomic E-state index is 0.136. The van der Waals surface area contributed by atoms with Gasteiger partial charge in [-0.25, -0.2) is 4.39 Å². The Kier molecular flexibility index (Phi) is 6.65. The Hall–Kier alpha value is -2.35. The number of quaternary nitrogens is 1. The van der Waals surface area contributed by atoms with Gasteiger partial charge in [-0.2, -0.15) is 0 Å². The Morgan fingerprint density at radius 2 is 1.90 bits per heavy atom. The maximum Gasteiger partial charge on any atom is 0.186 e. The molecule has 4 nitrogen and oxygen atoms in total. The maximum atomic E-state index is 13.8. The lowest BCUT2D eigenvalue weighted by molar-refractivity contribution is -0.731. The van der Waals surface area contributed by atoms with Crippen molar-refractivity contribution in [1.82, 2.24) is 5.32 Å². The Balaban J connectivity index is 1.78. The van der Waals surface area contributed by atoms with Gasteiger partial charge in [-0.3, -0.25) is 0 Å². The molecule has 4 rings (SSSR count). The van der Waals surface area contributed by atoms with Crippen LogP contribution in [-0.2, 0) is 0 Å². The molecule has 0 bridgehead atoms. The third-order valence-electron chi connectivity index (χ3n) is 5.18. The van der Waals surface area contributed by atoms with Crippen molar-refractivity contribution in [3.8, 4) is 11.5 Å². The molecule has 0 saturated carbocycles. The molecule has 3 aromatic carbocycles. The van der Waals surface area contributed by atoms with Gasteiger partial charge in [0.15, 0.2) is 17.7 Å². The second-order valence-corrected chi connectivity index (χ2v) is 9.00. The number of benzene rings is 3. The molecule has 0 radical (unpaired) electrons. The lowest BCUT2D eigenvalue weighted by Crippen LogP contribution is -2.89. The first-order valence-corrected chi connectivity index (χ1v) is 11.5. The molecule has 0 aliphatic carbocycles. The van der Waals surface area contributed by atoms with Gasteiger partial charge in [0.25, 0.3) is 0 Å². The fourth-order valence-electron chi connectivity index (χ4n) is 3.72. The van der Waals surface area contributed by atoms with Crippen LogP contribution in [0.3, 0.4) is 0 Å². The molecule has 1 aliphatic heterocycles. The van der Waals surface area contributed by atoms with Crippen LogP contribution >= 0.6 is 31.9 Å². The fourth-order valence-corrected chi connectivity index (χ4v) is 4.51. The highest BCUT2D eigenvalue weighted by Gasteiger charge is 2.30. The maximum absolute atomic E-state index is 13.8. The van der Waals surface area contributed by atoms with Crippen LogP contribution in [0.25, 0.3) is 5.70 Å². The predicted octanol–water partition coefficient (Wildman–Crippen LogP) is 5.40. The Bertz CT molecular complexity index is 1140. The number of hydrogen-bond acceptors (Lipinski definition) is 3. The standard InChI is InChI=1S/C24H21Br2FN2O2/c1-2-31-22-8-4-7-17(23(22)30)21-13-20(14-5-3-6-16(25)11-14)28-24(29-21)15-9-10-19(27)18(26)12-15/h3-13,21,24,28-30H,2H2,1H3/p+1. The molecular weight excluding hydrogens is 527 g/mol. The van der Waals surface area contributed by atoms with E-state index in [2.05, 4.69) is 48.6 Å². The summed E-state index contributed by atoms with van der Waals surface area (Å²) < 4.78 is 20.8. The van der Waals surface area contributed by atoms with Crippen molar-refractivity contribution in [3.05, 3.63) is 98.2 Å². The van der Waals surface area contributed by atoms with Crippen LogP contribution in [-0.4, -0.2) is 11.7 Å². The van der Waals surface area contributed by atoms with Gasteiger partial charge in [-0.05, 0) is 70.9 Å². The van der Waals surface area contributed by atoms with Gasteiger partial charge < -0.3 is 20.5 Å². The zero-order valence-electron chi connectivity index (χ0n) is 16.8. The molecule has 31 heavy (non-hydrogen) atoms. The highest BCUT2D eigenvalue weighted by Crippen LogP contribution is 2.35.